The van der Waals surface area contributed by atoms with E-state index < -0.39 is 17.6 Å². The molecule has 0 heterocycles. The zero-order chi connectivity index (χ0) is 11.3. The summed E-state index contributed by atoms with van der Waals surface area (Å²) in [6, 6.07) is 3.37. The van der Waals surface area contributed by atoms with Crippen molar-refractivity contribution in [2.75, 3.05) is 6.61 Å². The van der Waals surface area contributed by atoms with E-state index in [1.807, 2.05) is 0 Å². The molecule has 4 heteroatoms. The third kappa shape index (κ3) is 3.50. The quantitative estimate of drug-likeness (QED) is 0.568. The highest BCUT2D eigenvalue weighted by atomic mass is 19.2. The molecule has 1 aromatic rings. The predicted octanol–water partition coefficient (Wildman–Crippen LogP) is 2.54. The molecule has 0 saturated carbocycles. The van der Waals surface area contributed by atoms with Crippen LogP contribution >= 0.6 is 0 Å². The van der Waals surface area contributed by atoms with Gasteiger partial charge in [-0.2, -0.15) is 0 Å². The third-order valence-corrected chi connectivity index (χ3v) is 1.64. The predicted molar refractivity (Wildman–Crippen MR) is 52.0 cm³/mol. The molecule has 0 aliphatic carbocycles. The highest BCUT2D eigenvalue weighted by Gasteiger charge is 2.00. The van der Waals surface area contributed by atoms with Crippen molar-refractivity contribution in [1.29, 1.82) is 0 Å². The van der Waals surface area contributed by atoms with Gasteiger partial charge in [0.15, 0.2) is 11.6 Å². The van der Waals surface area contributed by atoms with Crippen molar-refractivity contribution >= 4 is 12.0 Å². The molecule has 0 spiro atoms. The number of esters is 1. The molecular weight excluding hydrogens is 202 g/mol. The van der Waals surface area contributed by atoms with Crippen molar-refractivity contribution in [3.63, 3.8) is 0 Å². The maximum atomic E-state index is 12.7. The van der Waals surface area contributed by atoms with Crippen molar-refractivity contribution < 1.29 is 18.3 Å². The van der Waals surface area contributed by atoms with Gasteiger partial charge in [0, 0.05) is 6.08 Å². The van der Waals surface area contributed by atoms with Crippen molar-refractivity contribution in [2.45, 2.75) is 6.92 Å². The Balaban J connectivity index is 2.72. The lowest BCUT2D eigenvalue weighted by molar-refractivity contribution is -0.137. The second-order valence-corrected chi connectivity index (χ2v) is 2.76. The number of hydrogen-bond acceptors (Lipinski definition) is 2. The van der Waals surface area contributed by atoms with Gasteiger partial charge in [0.2, 0.25) is 0 Å². The summed E-state index contributed by atoms with van der Waals surface area (Å²) in [5, 5.41) is 0. The minimum atomic E-state index is -0.944. The minimum absolute atomic E-state index is 0.279. The summed E-state index contributed by atoms with van der Waals surface area (Å²) in [5.41, 5.74) is 0.405. The summed E-state index contributed by atoms with van der Waals surface area (Å²) in [6.45, 7) is 1.96. The molecule has 0 aliphatic heterocycles. The highest BCUT2D eigenvalue weighted by molar-refractivity contribution is 5.86. The van der Waals surface area contributed by atoms with E-state index in [0.29, 0.717) is 5.56 Å². The van der Waals surface area contributed by atoms with Gasteiger partial charge in [-0.1, -0.05) is 6.07 Å². The fourth-order valence-corrected chi connectivity index (χ4v) is 0.971. The molecule has 0 aliphatic rings. The minimum Gasteiger partial charge on any atom is -0.463 e. The third-order valence-electron chi connectivity index (χ3n) is 1.64. The number of ether oxygens (including phenoxy) is 1. The van der Waals surface area contributed by atoms with Crippen LogP contribution in [-0.2, 0) is 9.53 Å². The van der Waals surface area contributed by atoms with Crippen molar-refractivity contribution in [3.05, 3.63) is 41.5 Å². The smallest absolute Gasteiger partial charge is 0.330 e. The Morgan fingerprint density at radius 1 is 1.40 bits per heavy atom. The Labute approximate surface area is 86.2 Å². The molecule has 15 heavy (non-hydrogen) atoms. The monoisotopic (exact) mass is 212 g/mol. The van der Waals surface area contributed by atoms with Gasteiger partial charge in [-0.15, -0.1) is 0 Å². The second-order valence-electron chi connectivity index (χ2n) is 2.76. The molecule has 1 aromatic carbocycles. The molecule has 0 N–H and O–H groups in total. The van der Waals surface area contributed by atoms with E-state index in [4.69, 9.17) is 0 Å². The largest absolute Gasteiger partial charge is 0.463 e. The second kappa shape index (κ2) is 5.24. The van der Waals surface area contributed by atoms with Gasteiger partial charge in [-0.3, -0.25) is 0 Å². The lowest BCUT2D eigenvalue weighted by Gasteiger charge is -1.96. The molecule has 0 fully saturated rings. The normalized spacial score (nSPS) is 10.6. The average molecular weight is 212 g/mol. The van der Waals surface area contributed by atoms with Crippen LogP contribution in [0.15, 0.2) is 24.3 Å². The topological polar surface area (TPSA) is 26.3 Å². The van der Waals surface area contributed by atoms with Crippen molar-refractivity contribution in [3.8, 4) is 0 Å². The number of carbonyl (C=O) groups excluding carboxylic acids is 1. The van der Waals surface area contributed by atoms with Crippen LogP contribution in [0.4, 0.5) is 8.78 Å². The summed E-state index contributed by atoms with van der Waals surface area (Å²) in [5.74, 6) is -2.37. The molecule has 0 bridgehead atoms. The first-order valence-corrected chi connectivity index (χ1v) is 4.43. The molecule has 0 unspecified atom stereocenters. The number of hydrogen-bond donors (Lipinski definition) is 0. The Morgan fingerprint density at radius 3 is 2.73 bits per heavy atom. The van der Waals surface area contributed by atoms with Crippen LogP contribution < -0.4 is 0 Å². The van der Waals surface area contributed by atoms with E-state index in [-0.39, 0.29) is 6.61 Å². The van der Waals surface area contributed by atoms with Crippen molar-refractivity contribution in [2.24, 2.45) is 0 Å². The first-order chi connectivity index (χ1) is 7.13. The van der Waals surface area contributed by atoms with Gasteiger partial charge in [0.1, 0.15) is 0 Å². The standard InChI is InChI=1S/C11H10F2O2/c1-2-15-11(14)6-4-8-3-5-9(12)10(13)7-8/h3-7H,2H2,1H3/b6-4+. The average Bonchev–Trinajstić information content (AvgIpc) is 2.20. The van der Waals surface area contributed by atoms with Gasteiger partial charge in [-0.25, -0.2) is 13.6 Å². The fourth-order valence-electron chi connectivity index (χ4n) is 0.971. The summed E-state index contributed by atoms with van der Waals surface area (Å²) < 4.78 is 29.9. The molecule has 0 radical (unpaired) electrons. The van der Waals surface area contributed by atoms with Crippen LogP contribution in [0.25, 0.3) is 6.08 Å². The van der Waals surface area contributed by atoms with E-state index in [9.17, 15) is 13.6 Å². The van der Waals surface area contributed by atoms with Crippen LogP contribution in [0.1, 0.15) is 12.5 Å². The van der Waals surface area contributed by atoms with Gasteiger partial charge in [-0.05, 0) is 30.7 Å². The maximum absolute atomic E-state index is 12.7. The van der Waals surface area contributed by atoms with Crippen LogP contribution in [0, 0.1) is 11.6 Å². The molecule has 0 saturated heterocycles. The number of carbonyl (C=O) groups is 1. The number of halogens is 2. The van der Waals surface area contributed by atoms with Gasteiger partial charge in [0.05, 0.1) is 6.61 Å². The van der Waals surface area contributed by atoms with Gasteiger partial charge >= 0.3 is 5.97 Å². The molecule has 0 aromatic heterocycles. The molecule has 80 valence electrons. The van der Waals surface area contributed by atoms with E-state index in [2.05, 4.69) is 4.74 Å². The SMILES string of the molecule is CCOC(=O)/C=C/c1ccc(F)c(F)c1. The van der Waals surface area contributed by atoms with Crippen LogP contribution in [0.2, 0.25) is 0 Å². The Morgan fingerprint density at radius 2 is 2.13 bits per heavy atom. The molecule has 2 nitrogen and oxygen atoms in total. The fraction of sp³-hybridized carbons (Fsp3) is 0.182. The summed E-state index contributed by atoms with van der Waals surface area (Å²) in [7, 11) is 0. The van der Waals surface area contributed by atoms with E-state index in [0.717, 1.165) is 18.2 Å². The molecule has 0 atom stereocenters. The Kier molecular flexibility index (Phi) is 3.97. The van der Waals surface area contributed by atoms with Gasteiger partial charge < -0.3 is 4.74 Å². The highest BCUT2D eigenvalue weighted by Crippen LogP contribution is 2.09. The summed E-state index contributed by atoms with van der Waals surface area (Å²) in [4.78, 5) is 10.9. The lowest BCUT2D eigenvalue weighted by Crippen LogP contribution is -1.98. The zero-order valence-corrected chi connectivity index (χ0v) is 8.17. The van der Waals surface area contributed by atoms with E-state index >= 15 is 0 Å². The molecular formula is C11H10F2O2. The zero-order valence-electron chi connectivity index (χ0n) is 8.17. The molecule has 0 amide bonds. The maximum Gasteiger partial charge on any atom is 0.330 e. The van der Waals surface area contributed by atoms with Crippen LogP contribution in [-0.4, -0.2) is 12.6 Å². The first-order valence-electron chi connectivity index (χ1n) is 4.43. The number of benzene rings is 1. The first kappa shape index (κ1) is 11.4. The van der Waals surface area contributed by atoms with Crippen LogP contribution in [0.3, 0.4) is 0 Å². The lowest BCUT2D eigenvalue weighted by atomic mass is 10.2. The number of rotatable bonds is 3. The molecule has 1 rings (SSSR count). The van der Waals surface area contributed by atoms with Crippen molar-refractivity contribution in [1.82, 2.24) is 0 Å². The van der Waals surface area contributed by atoms with Gasteiger partial charge in [0.25, 0.3) is 0 Å². The summed E-state index contributed by atoms with van der Waals surface area (Å²) in [6.07, 6.45) is 2.52. The van der Waals surface area contributed by atoms with E-state index in [1.165, 1.54) is 12.1 Å². The Hall–Kier alpha value is -1.71. The summed E-state index contributed by atoms with van der Waals surface area (Å²) >= 11 is 0. The van der Waals surface area contributed by atoms with Crippen LogP contribution in [0.5, 0.6) is 0 Å². The Bertz CT molecular complexity index is 386. The van der Waals surface area contributed by atoms with E-state index in [1.54, 1.807) is 6.92 Å².